The molecule has 5 heteroatoms. The Morgan fingerprint density at radius 2 is 1.89 bits per heavy atom. The highest BCUT2D eigenvalue weighted by Crippen LogP contribution is 2.20. The molecule has 0 saturated heterocycles. The molecule has 104 valence electrons. The standard InChI is InChI=1S/C14H18O4S/c1-4-5-6-13(14(15)18-3)19(16,17)12-9-7-11(2)8-10-12/h4-5,7-10,13H,6H2,1-3H3. The molecule has 0 spiro atoms. The van der Waals surface area contributed by atoms with Gasteiger partial charge in [0, 0.05) is 0 Å². The van der Waals surface area contributed by atoms with Crippen LogP contribution in [0.25, 0.3) is 0 Å². The molecule has 0 fully saturated rings. The molecular weight excluding hydrogens is 264 g/mol. The Balaban J connectivity index is 3.18. The zero-order valence-electron chi connectivity index (χ0n) is 11.3. The molecule has 0 aromatic heterocycles. The molecule has 0 radical (unpaired) electrons. The first kappa shape index (κ1) is 15.4. The first-order valence-electron chi connectivity index (χ1n) is 5.93. The highest BCUT2D eigenvalue weighted by molar-refractivity contribution is 7.92. The second-order valence-corrected chi connectivity index (χ2v) is 6.31. The molecule has 1 aromatic carbocycles. The number of allylic oxidation sites excluding steroid dienone is 2. The normalized spacial score (nSPS) is 13.4. The van der Waals surface area contributed by atoms with Crippen molar-refractivity contribution in [1.29, 1.82) is 0 Å². The predicted molar refractivity (Wildman–Crippen MR) is 73.6 cm³/mol. The van der Waals surface area contributed by atoms with E-state index in [4.69, 9.17) is 0 Å². The van der Waals surface area contributed by atoms with E-state index in [0.717, 1.165) is 5.56 Å². The summed E-state index contributed by atoms with van der Waals surface area (Å²) in [4.78, 5) is 11.8. The van der Waals surface area contributed by atoms with Gasteiger partial charge in [0.25, 0.3) is 0 Å². The van der Waals surface area contributed by atoms with Crippen molar-refractivity contribution in [3.8, 4) is 0 Å². The topological polar surface area (TPSA) is 60.4 Å². The van der Waals surface area contributed by atoms with Crippen LogP contribution >= 0.6 is 0 Å². The Labute approximate surface area is 114 Å². The largest absolute Gasteiger partial charge is 0.468 e. The number of hydrogen-bond donors (Lipinski definition) is 0. The maximum Gasteiger partial charge on any atom is 0.324 e. The van der Waals surface area contributed by atoms with Crippen molar-refractivity contribution in [1.82, 2.24) is 0 Å². The Morgan fingerprint density at radius 3 is 2.37 bits per heavy atom. The Hall–Kier alpha value is -1.62. The number of sulfone groups is 1. The Bertz CT molecular complexity index is 556. The minimum Gasteiger partial charge on any atom is -0.468 e. The predicted octanol–water partition coefficient (Wildman–Crippen LogP) is 2.28. The average Bonchev–Trinajstić information content (AvgIpc) is 2.39. The van der Waals surface area contributed by atoms with E-state index in [1.165, 1.54) is 19.2 Å². The van der Waals surface area contributed by atoms with Gasteiger partial charge in [-0.1, -0.05) is 29.8 Å². The second-order valence-electron chi connectivity index (χ2n) is 4.17. The number of carbonyl (C=O) groups is 1. The molecule has 19 heavy (non-hydrogen) atoms. The van der Waals surface area contributed by atoms with E-state index in [0.29, 0.717) is 0 Å². The molecule has 1 unspecified atom stereocenters. The summed E-state index contributed by atoms with van der Waals surface area (Å²) >= 11 is 0. The van der Waals surface area contributed by atoms with Crippen molar-refractivity contribution in [2.45, 2.75) is 30.4 Å². The Morgan fingerprint density at radius 1 is 1.32 bits per heavy atom. The molecule has 0 heterocycles. The summed E-state index contributed by atoms with van der Waals surface area (Å²) in [6.45, 7) is 3.64. The summed E-state index contributed by atoms with van der Waals surface area (Å²) < 4.78 is 29.4. The maximum atomic E-state index is 12.4. The van der Waals surface area contributed by atoms with Crippen LogP contribution < -0.4 is 0 Å². The third kappa shape index (κ3) is 3.67. The Kier molecular flexibility index (Phi) is 5.30. The smallest absolute Gasteiger partial charge is 0.324 e. The molecule has 0 aliphatic carbocycles. The molecule has 1 atom stereocenters. The SMILES string of the molecule is CC=CCC(C(=O)OC)S(=O)(=O)c1ccc(C)cc1. The van der Waals surface area contributed by atoms with Crippen molar-refractivity contribution in [3.63, 3.8) is 0 Å². The van der Waals surface area contributed by atoms with Crippen LogP contribution in [0.2, 0.25) is 0 Å². The summed E-state index contributed by atoms with van der Waals surface area (Å²) in [5.41, 5.74) is 0.960. The number of benzene rings is 1. The average molecular weight is 282 g/mol. The van der Waals surface area contributed by atoms with Crippen LogP contribution in [-0.4, -0.2) is 26.7 Å². The van der Waals surface area contributed by atoms with Gasteiger partial charge in [0.1, 0.15) is 0 Å². The minimum absolute atomic E-state index is 0.110. The fourth-order valence-corrected chi connectivity index (χ4v) is 3.19. The van der Waals surface area contributed by atoms with E-state index in [1.54, 1.807) is 31.2 Å². The zero-order valence-corrected chi connectivity index (χ0v) is 12.1. The lowest BCUT2D eigenvalue weighted by Gasteiger charge is -2.14. The van der Waals surface area contributed by atoms with E-state index in [1.807, 2.05) is 6.92 Å². The maximum absolute atomic E-state index is 12.4. The minimum atomic E-state index is -3.73. The number of carbonyl (C=O) groups excluding carboxylic acids is 1. The summed E-state index contributed by atoms with van der Waals surface area (Å²) in [6, 6.07) is 6.43. The van der Waals surface area contributed by atoms with Crippen molar-refractivity contribution >= 4 is 15.8 Å². The molecule has 0 bridgehead atoms. The first-order valence-corrected chi connectivity index (χ1v) is 7.47. The van der Waals surface area contributed by atoms with Gasteiger partial charge in [-0.25, -0.2) is 8.42 Å². The van der Waals surface area contributed by atoms with Gasteiger partial charge in [-0.3, -0.25) is 4.79 Å². The van der Waals surface area contributed by atoms with Crippen LogP contribution in [0.15, 0.2) is 41.3 Å². The molecule has 0 saturated carbocycles. The number of rotatable bonds is 5. The molecule has 0 N–H and O–H groups in total. The summed E-state index contributed by atoms with van der Waals surface area (Å²) in [5, 5.41) is -1.20. The van der Waals surface area contributed by atoms with Crippen LogP contribution in [-0.2, 0) is 19.4 Å². The number of hydrogen-bond acceptors (Lipinski definition) is 4. The lowest BCUT2D eigenvalue weighted by atomic mass is 10.2. The lowest BCUT2D eigenvalue weighted by Crippen LogP contribution is -2.31. The van der Waals surface area contributed by atoms with Crippen LogP contribution in [0.5, 0.6) is 0 Å². The monoisotopic (exact) mass is 282 g/mol. The van der Waals surface area contributed by atoms with Crippen molar-refractivity contribution in [2.75, 3.05) is 7.11 Å². The highest BCUT2D eigenvalue weighted by Gasteiger charge is 2.33. The van der Waals surface area contributed by atoms with Crippen LogP contribution in [0.4, 0.5) is 0 Å². The van der Waals surface area contributed by atoms with Crippen molar-refractivity contribution in [2.24, 2.45) is 0 Å². The van der Waals surface area contributed by atoms with Gasteiger partial charge in [0.2, 0.25) is 0 Å². The quantitative estimate of drug-likeness (QED) is 0.614. The van der Waals surface area contributed by atoms with Gasteiger partial charge in [0.05, 0.1) is 12.0 Å². The van der Waals surface area contributed by atoms with Gasteiger partial charge < -0.3 is 4.74 Å². The fourth-order valence-electron chi connectivity index (χ4n) is 1.63. The number of aryl methyl sites for hydroxylation is 1. The molecule has 4 nitrogen and oxygen atoms in total. The van der Waals surface area contributed by atoms with Gasteiger partial charge in [-0.2, -0.15) is 0 Å². The molecule has 0 amide bonds. The van der Waals surface area contributed by atoms with E-state index >= 15 is 0 Å². The number of ether oxygens (including phenoxy) is 1. The lowest BCUT2D eigenvalue weighted by molar-refractivity contribution is -0.140. The molecule has 1 rings (SSSR count). The van der Waals surface area contributed by atoms with Gasteiger partial charge in [0.15, 0.2) is 15.1 Å². The van der Waals surface area contributed by atoms with E-state index in [2.05, 4.69) is 4.74 Å². The van der Waals surface area contributed by atoms with Crippen LogP contribution in [0, 0.1) is 6.92 Å². The fraction of sp³-hybridized carbons (Fsp3) is 0.357. The van der Waals surface area contributed by atoms with Gasteiger partial charge in [-0.05, 0) is 32.4 Å². The molecule has 1 aromatic rings. The van der Waals surface area contributed by atoms with Crippen LogP contribution in [0.3, 0.4) is 0 Å². The first-order chi connectivity index (χ1) is 8.93. The van der Waals surface area contributed by atoms with Crippen LogP contribution in [0.1, 0.15) is 18.9 Å². The summed E-state index contributed by atoms with van der Waals surface area (Å²) in [7, 11) is -2.54. The molecule has 0 aliphatic rings. The number of methoxy groups -OCH3 is 1. The van der Waals surface area contributed by atoms with E-state index in [-0.39, 0.29) is 11.3 Å². The third-order valence-electron chi connectivity index (χ3n) is 2.77. The third-order valence-corrected chi connectivity index (χ3v) is 4.84. The second kappa shape index (κ2) is 6.52. The number of esters is 1. The van der Waals surface area contributed by atoms with E-state index in [9.17, 15) is 13.2 Å². The van der Waals surface area contributed by atoms with Gasteiger partial charge >= 0.3 is 5.97 Å². The highest BCUT2D eigenvalue weighted by atomic mass is 32.2. The van der Waals surface area contributed by atoms with E-state index < -0.39 is 21.1 Å². The van der Waals surface area contributed by atoms with Crippen molar-refractivity contribution in [3.05, 3.63) is 42.0 Å². The van der Waals surface area contributed by atoms with Gasteiger partial charge in [-0.15, -0.1) is 0 Å². The zero-order chi connectivity index (χ0) is 14.5. The molecule has 0 aliphatic heterocycles. The van der Waals surface area contributed by atoms with Crippen molar-refractivity contribution < 1.29 is 17.9 Å². The summed E-state index contributed by atoms with van der Waals surface area (Å²) in [6.07, 6.45) is 3.47. The summed E-state index contributed by atoms with van der Waals surface area (Å²) in [5.74, 6) is -0.737. The molecular formula is C14H18O4S.